The Balaban J connectivity index is 1.83. The van der Waals surface area contributed by atoms with Crippen molar-refractivity contribution in [1.82, 2.24) is 4.90 Å². The molecule has 84 valence electrons. The van der Waals surface area contributed by atoms with Gasteiger partial charge in [-0.25, -0.2) is 4.58 Å². The lowest BCUT2D eigenvalue weighted by Gasteiger charge is -2.29. The smallest absolute Gasteiger partial charge is 0.225 e. The van der Waals surface area contributed by atoms with Crippen LogP contribution in [0.15, 0.2) is 0 Å². The molecule has 0 N–H and O–H groups in total. The van der Waals surface area contributed by atoms with Crippen LogP contribution in [0.3, 0.4) is 0 Å². The largest absolute Gasteiger partial charge is 0.342 e. The number of hydrogen-bond acceptors (Lipinski definition) is 1. The van der Waals surface area contributed by atoms with Gasteiger partial charge in [0.2, 0.25) is 5.91 Å². The highest BCUT2D eigenvalue weighted by molar-refractivity contribution is 5.81. The predicted octanol–water partition coefficient (Wildman–Crippen LogP) is 1.12. The van der Waals surface area contributed by atoms with Gasteiger partial charge < -0.3 is 4.90 Å². The Morgan fingerprint density at radius 3 is 2.33 bits per heavy atom. The SMILES string of the molecule is CC=[N+](C)C1CCN(C(=O)C2CC2)CC1. The molecule has 15 heavy (non-hydrogen) atoms. The first-order chi connectivity index (χ1) is 7.22. The van der Waals surface area contributed by atoms with Crippen molar-refractivity contribution in [3.8, 4) is 0 Å². The molecule has 2 rings (SSSR count). The van der Waals surface area contributed by atoms with Crippen LogP contribution in [0.25, 0.3) is 0 Å². The van der Waals surface area contributed by atoms with E-state index >= 15 is 0 Å². The quantitative estimate of drug-likeness (QED) is 0.494. The Labute approximate surface area is 91.8 Å². The summed E-state index contributed by atoms with van der Waals surface area (Å²) in [7, 11) is 2.13. The van der Waals surface area contributed by atoms with Gasteiger partial charge in [0.1, 0.15) is 13.3 Å². The summed E-state index contributed by atoms with van der Waals surface area (Å²) in [4.78, 5) is 13.9. The van der Waals surface area contributed by atoms with Gasteiger partial charge in [0.15, 0.2) is 6.04 Å². The standard InChI is InChI=1S/C12H21N2O/c1-3-13(2)11-6-8-14(9-7-11)12(15)10-4-5-10/h3,10-11H,4-9H2,1-2H3/q+1. The van der Waals surface area contributed by atoms with E-state index in [1.165, 1.54) is 0 Å². The van der Waals surface area contributed by atoms with Gasteiger partial charge in [-0.3, -0.25) is 4.79 Å². The molecule has 0 aromatic heterocycles. The second-order valence-electron chi connectivity index (χ2n) is 4.75. The molecule has 3 heteroatoms. The molecule has 0 unspecified atom stereocenters. The number of likely N-dealkylation sites (tertiary alicyclic amines) is 1. The van der Waals surface area contributed by atoms with Gasteiger partial charge >= 0.3 is 0 Å². The van der Waals surface area contributed by atoms with E-state index in [0.29, 0.717) is 17.9 Å². The molecular formula is C12H21N2O+. The van der Waals surface area contributed by atoms with Gasteiger partial charge in [0.05, 0.1) is 0 Å². The minimum Gasteiger partial charge on any atom is -0.342 e. The summed E-state index contributed by atoms with van der Waals surface area (Å²) in [6.07, 6.45) is 6.63. The number of rotatable bonds is 2. The average molecular weight is 209 g/mol. The molecule has 3 nitrogen and oxygen atoms in total. The summed E-state index contributed by atoms with van der Waals surface area (Å²) in [5.74, 6) is 0.800. The molecule has 0 aromatic carbocycles. The van der Waals surface area contributed by atoms with Crippen molar-refractivity contribution in [2.45, 2.75) is 38.6 Å². The van der Waals surface area contributed by atoms with Crippen molar-refractivity contribution >= 4 is 12.1 Å². The first-order valence-electron chi connectivity index (χ1n) is 6.02. The Bertz CT molecular complexity index is 273. The zero-order chi connectivity index (χ0) is 10.8. The Kier molecular flexibility index (Phi) is 3.08. The van der Waals surface area contributed by atoms with E-state index in [2.05, 4.69) is 29.7 Å². The highest BCUT2D eigenvalue weighted by Crippen LogP contribution is 2.31. The summed E-state index contributed by atoms with van der Waals surface area (Å²) in [6.45, 7) is 3.98. The van der Waals surface area contributed by atoms with Gasteiger partial charge in [-0.15, -0.1) is 0 Å². The highest BCUT2D eigenvalue weighted by atomic mass is 16.2. The van der Waals surface area contributed by atoms with Crippen LogP contribution in [0.1, 0.15) is 32.6 Å². The zero-order valence-corrected chi connectivity index (χ0v) is 9.78. The number of amides is 1. The maximum Gasteiger partial charge on any atom is 0.225 e. The number of nitrogens with zero attached hydrogens (tertiary/aromatic N) is 2. The van der Waals surface area contributed by atoms with E-state index in [1.54, 1.807) is 0 Å². The third-order valence-corrected chi connectivity index (χ3v) is 3.69. The van der Waals surface area contributed by atoms with Crippen molar-refractivity contribution in [1.29, 1.82) is 0 Å². The molecule has 0 atom stereocenters. The summed E-state index contributed by atoms with van der Waals surface area (Å²) in [5.41, 5.74) is 0. The lowest BCUT2D eigenvalue weighted by molar-refractivity contribution is -0.538. The highest BCUT2D eigenvalue weighted by Gasteiger charge is 2.36. The van der Waals surface area contributed by atoms with Crippen molar-refractivity contribution in [2.75, 3.05) is 20.1 Å². The van der Waals surface area contributed by atoms with E-state index in [4.69, 9.17) is 0 Å². The van der Waals surface area contributed by atoms with Crippen LogP contribution in [0, 0.1) is 5.92 Å². The topological polar surface area (TPSA) is 23.3 Å². The summed E-state index contributed by atoms with van der Waals surface area (Å²) in [5, 5.41) is 0. The van der Waals surface area contributed by atoms with Crippen LogP contribution < -0.4 is 0 Å². The fraction of sp³-hybridized carbons (Fsp3) is 0.833. The van der Waals surface area contributed by atoms with Crippen LogP contribution in [-0.4, -0.2) is 47.8 Å². The van der Waals surface area contributed by atoms with Crippen molar-refractivity contribution in [3.63, 3.8) is 0 Å². The summed E-state index contributed by atoms with van der Waals surface area (Å²) < 4.78 is 2.28. The van der Waals surface area contributed by atoms with Gasteiger partial charge in [0.25, 0.3) is 0 Å². The van der Waals surface area contributed by atoms with Crippen molar-refractivity contribution < 1.29 is 9.37 Å². The van der Waals surface area contributed by atoms with Crippen molar-refractivity contribution in [3.05, 3.63) is 0 Å². The van der Waals surface area contributed by atoms with E-state index < -0.39 is 0 Å². The van der Waals surface area contributed by atoms with E-state index in [9.17, 15) is 4.79 Å². The first kappa shape index (κ1) is 10.7. The normalized spacial score (nSPS) is 24.4. The molecule has 0 radical (unpaired) electrons. The second kappa shape index (κ2) is 4.33. The molecule has 1 aliphatic carbocycles. The molecule has 1 saturated carbocycles. The Morgan fingerprint density at radius 2 is 1.87 bits per heavy atom. The van der Waals surface area contributed by atoms with Crippen LogP contribution in [0.4, 0.5) is 0 Å². The van der Waals surface area contributed by atoms with Crippen LogP contribution >= 0.6 is 0 Å². The lowest BCUT2D eigenvalue weighted by Crippen LogP contribution is -2.43. The second-order valence-corrected chi connectivity index (χ2v) is 4.75. The van der Waals surface area contributed by atoms with Crippen LogP contribution in [0.5, 0.6) is 0 Å². The fourth-order valence-corrected chi connectivity index (χ4v) is 2.29. The third-order valence-electron chi connectivity index (χ3n) is 3.69. The van der Waals surface area contributed by atoms with Crippen LogP contribution in [-0.2, 0) is 4.79 Å². The maximum absolute atomic E-state index is 11.8. The monoisotopic (exact) mass is 209 g/mol. The summed E-state index contributed by atoms with van der Waals surface area (Å²) >= 11 is 0. The van der Waals surface area contributed by atoms with E-state index in [0.717, 1.165) is 38.8 Å². The summed E-state index contributed by atoms with van der Waals surface area (Å²) in [6, 6.07) is 0.637. The molecule has 0 bridgehead atoms. The van der Waals surface area contributed by atoms with Gasteiger partial charge in [-0.2, -0.15) is 0 Å². The van der Waals surface area contributed by atoms with E-state index in [-0.39, 0.29) is 0 Å². The number of carbonyl (C=O) groups excluding carboxylic acids is 1. The Morgan fingerprint density at radius 1 is 1.27 bits per heavy atom. The molecule has 0 spiro atoms. The van der Waals surface area contributed by atoms with Crippen molar-refractivity contribution in [2.24, 2.45) is 5.92 Å². The molecule has 1 saturated heterocycles. The molecular weight excluding hydrogens is 188 g/mol. The molecule has 0 aromatic rings. The molecule has 1 amide bonds. The predicted molar refractivity (Wildman–Crippen MR) is 60.2 cm³/mol. The molecule has 2 fully saturated rings. The zero-order valence-electron chi connectivity index (χ0n) is 9.78. The minimum atomic E-state index is 0.386. The van der Waals surface area contributed by atoms with Crippen LogP contribution in [0.2, 0.25) is 0 Å². The maximum atomic E-state index is 11.8. The lowest BCUT2D eigenvalue weighted by atomic mass is 10.0. The first-order valence-corrected chi connectivity index (χ1v) is 6.02. The molecule has 1 heterocycles. The van der Waals surface area contributed by atoms with Gasteiger partial charge in [-0.1, -0.05) is 0 Å². The van der Waals surface area contributed by atoms with Gasteiger partial charge in [0, 0.05) is 38.8 Å². The average Bonchev–Trinajstić information content (AvgIpc) is 3.11. The fourth-order valence-electron chi connectivity index (χ4n) is 2.29. The third kappa shape index (κ3) is 2.39. The number of piperidine rings is 1. The number of hydrogen-bond donors (Lipinski definition) is 0. The molecule has 2 aliphatic rings. The minimum absolute atomic E-state index is 0.386. The Hall–Kier alpha value is -0.860. The molecule has 1 aliphatic heterocycles. The van der Waals surface area contributed by atoms with Gasteiger partial charge in [-0.05, 0) is 12.8 Å². The van der Waals surface area contributed by atoms with E-state index in [1.807, 2.05) is 0 Å². The number of carbonyl (C=O) groups is 1.